The van der Waals surface area contributed by atoms with Gasteiger partial charge in [-0.1, -0.05) is 45.4 Å². The van der Waals surface area contributed by atoms with Crippen LogP contribution < -0.4 is 10.6 Å². The molecule has 25 heavy (non-hydrogen) atoms. The Labute approximate surface area is 155 Å². The van der Waals surface area contributed by atoms with Crippen LogP contribution in [0.4, 0.5) is 9.93 Å². The predicted octanol–water partition coefficient (Wildman–Crippen LogP) is 4.75. The van der Waals surface area contributed by atoms with E-state index in [1.807, 2.05) is 6.20 Å². The van der Waals surface area contributed by atoms with Gasteiger partial charge in [0.1, 0.15) is 0 Å². The maximum absolute atomic E-state index is 13.1. The van der Waals surface area contributed by atoms with Crippen molar-refractivity contribution in [1.29, 1.82) is 0 Å². The Morgan fingerprint density at radius 3 is 2.28 bits per heavy atom. The highest BCUT2D eigenvalue weighted by atomic mass is 32.1. The van der Waals surface area contributed by atoms with Crippen molar-refractivity contribution in [3.63, 3.8) is 0 Å². The van der Waals surface area contributed by atoms with Crippen LogP contribution in [-0.4, -0.2) is 34.5 Å². The molecule has 2 amide bonds. The summed E-state index contributed by atoms with van der Waals surface area (Å²) in [6, 6.07) is 0.902. The van der Waals surface area contributed by atoms with Crippen LogP contribution in [-0.2, 0) is 6.54 Å². The van der Waals surface area contributed by atoms with Crippen LogP contribution >= 0.6 is 11.3 Å². The van der Waals surface area contributed by atoms with Gasteiger partial charge in [0.2, 0.25) is 0 Å². The van der Waals surface area contributed by atoms with Crippen LogP contribution in [0.5, 0.6) is 0 Å². The normalized spacial score (nSPS) is 19.7. The molecule has 0 bridgehead atoms. The molecule has 2 saturated carbocycles. The van der Waals surface area contributed by atoms with E-state index in [-0.39, 0.29) is 6.03 Å². The highest BCUT2D eigenvalue weighted by Crippen LogP contribution is 2.31. The molecule has 3 rings (SSSR count). The smallest absolute Gasteiger partial charge is 0.319 e. The molecule has 2 aliphatic carbocycles. The molecule has 0 aliphatic heterocycles. The molecule has 140 valence electrons. The number of nitrogens with one attached hydrogen (secondary N) is 2. The molecule has 5 nitrogen and oxygen atoms in total. The number of carbonyl (C=O) groups excluding carboxylic acids is 1. The molecule has 0 spiro atoms. The predicted molar refractivity (Wildman–Crippen MR) is 104 cm³/mol. The molecule has 1 aromatic rings. The third-order valence-electron chi connectivity index (χ3n) is 5.49. The molecule has 0 aromatic carbocycles. The minimum atomic E-state index is 0.0724. The van der Waals surface area contributed by atoms with Gasteiger partial charge in [-0.15, -0.1) is 11.3 Å². The van der Waals surface area contributed by atoms with Gasteiger partial charge in [0.05, 0.1) is 0 Å². The summed E-state index contributed by atoms with van der Waals surface area (Å²) in [6.45, 7) is 3.85. The van der Waals surface area contributed by atoms with Gasteiger partial charge in [-0.25, -0.2) is 9.78 Å². The lowest BCUT2D eigenvalue weighted by Crippen LogP contribution is -2.50. The molecule has 1 heterocycles. The number of hydrogen-bond acceptors (Lipinski definition) is 4. The van der Waals surface area contributed by atoms with E-state index in [0.717, 1.165) is 43.9 Å². The molecule has 2 fully saturated rings. The van der Waals surface area contributed by atoms with Crippen LogP contribution in [0, 0.1) is 0 Å². The van der Waals surface area contributed by atoms with Gasteiger partial charge in [0, 0.05) is 29.7 Å². The lowest BCUT2D eigenvalue weighted by molar-refractivity contribution is 0.114. The van der Waals surface area contributed by atoms with Gasteiger partial charge in [0.25, 0.3) is 0 Å². The summed E-state index contributed by atoms with van der Waals surface area (Å²) < 4.78 is 0. The maximum atomic E-state index is 13.1. The van der Waals surface area contributed by atoms with Crippen molar-refractivity contribution >= 4 is 22.5 Å². The van der Waals surface area contributed by atoms with Gasteiger partial charge in [-0.05, 0) is 32.2 Å². The summed E-state index contributed by atoms with van der Waals surface area (Å²) in [4.78, 5) is 20.9. The Bertz CT molecular complexity index is 517. The monoisotopic (exact) mass is 364 g/mol. The summed E-state index contributed by atoms with van der Waals surface area (Å²) in [5, 5.41) is 7.14. The Balaban J connectivity index is 1.66. The Hall–Kier alpha value is -1.14. The summed E-state index contributed by atoms with van der Waals surface area (Å²) in [6.07, 6.45) is 14.2. The van der Waals surface area contributed by atoms with E-state index in [0.29, 0.717) is 12.1 Å². The van der Waals surface area contributed by atoms with Gasteiger partial charge < -0.3 is 10.2 Å². The van der Waals surface area contributed by atoms with E-state index in [1.165, 1.54) is 43.4 Å². The highest BCUT2D eigenvalue weighted by molar-refractivity contribution is 7.15. The zero-order chi connectivity index (χ0) is 17.5. The second-order valence-electron chi connectivity index (χ2n) is 7.33. The number of nitrogens with zero attached hydrogens (tertiary/aromatic N) is 2. The number of aromatic nitrogens is 1. The van der Waals surface area contributed by atoms with Crippen molar-refractivity contribution in [3.8, 4) is 0 Å². The molecule has 0 unspecified atom stereocenters. The van der Waals surface area contributed by atoms with Crippen molar-refractivity contribution in [3.05, 3.63) is 11.1 Å². The van der Waals surface area contributed by atoms with Crippen molar-refractivity contribution in [2.45, 2.75) is 89.8 Å². The van der Waals surface area contributed by atoms with Crippen LogP contribution in [0.2, 0.25) is 0 Å². The van der Waals surface area contributed by atoms with Crippen molar-refractivity contribution in [2.24, 2.45) is 0 Å². The Morgan fingerprint density at radius 1 is 1.12 bits per heavy atom. The molecular formula is C19H32N4OS. The van der Waals surface area contributed by atoms with Gasteiger partial charge in [0.15, 0.2) is 5.13 Å². The molecular weight excluding hydrogens is 332 g/mol. The SMILES string of the molecule is CCNCc1cnc(NC(=O)N(C2CCCCC2)C2CCCCC2)s1. The van der Waals surface area contributed by atoms with E-state index in [1.54, 1.807) is 11.3 Å². The molecule has 6 heteroatoms. The number of urea groups is 1. The van der Waals surface area contributed by atoms with E-state index in [4.69, 9.17) is 0 Å². The Morgan fingerprint density at radius 2 is 1.72 bits per heavy atom. The first kappa shape index (κ1) is 18.6. The van der Waals surface area contributed by atoms with Crippen molar-refractivity contribution in [2.75, 3.05) is 11.9 Å². The first-order valence-electron chi connectivity index (χ1n) is 10.0. The van der Waals surface area contributed by atoms with E-state index in [2.05, 4.69) is 27.4 Å². The second-order valence-corrected chi connectivity index (χ2v) is 8.45. The van der Waals surface area contributed by atoms with Crippen LogP contribution in [0.3, 0.4) is 0 Å². The average Bonchev–Trinajstić information content (AvgIpc) is 3.09. The fourth-order valence-corrected chi connectivity index (χ4v) is 4.97. The number of hydrogen-bond donors (Lipinski definition) is 2. The fraction of sp³-hybridized carbons (Fsp3) is 0.789. The molecule has 2 N–H and O–H groups in total. The van der Waals surface area contributed by atoms with Gasteiger partial charge in [-0.2, -0.15) is 0 Å². The van der Waals surface area contributed by atoms with E-state index >= 15 is 0 Å². The van der Waals surface area contributed by atoms with Crippen LogP contribution in [0.15, 0.2) is 6.20 Å². The van der Waals surface area contributed by atoms with E-state index < -0.39 is 0 Å². The first-order chi connectivity index (χ1) is 12.3. The standard InChI is InChI=1S/C19H32N4OS/c1-2-20-13-17-14-21-18(25-17)22-19(24)23(15-9-5-3-6-10-15)16-11-7-4-8-12-16/h14-16,20H,2-13H2,1H3,(H,21,22,24). The summed E-state index contributed by atoms with van der Waals surface area (Å²) >= 11 is 1.58. The topological polar surface area (TPSA) is 57.3 Å². The lowest BCUT2D eigenvalue weighted by atomic mass is 9.89. The molecule has 0 radical (unpaired) electrons. The van der Waals surface area contributed by atoms with Crippen LogP contribution in [0.1, 0.15) is 76.0 Å². The minimum Gasteiger partial charge on any atom is -0.319 e. The third-order valence-corrected chi connectivity index (χ3v) is 6.40. The number of thiazole rings is 1. The zero-order valence-electron chi connectivity index (χ0n) is 15.4. The maximum Gasteiger partial charge on any atom is 0.324 e. The largest absolute Gasteiger partial charge is 0.324 e. The second kappa shape index (κ2) is 9.53. The zero-order valence-corrected chi connectivity index (χ0v) is 16.2. The minimum absolute atomic E-state index is 0.0724. The van der Waals surface area contributed by atoms with Crippen molar-refractivity contribution in [1.82, 2.24) is 15.2 Å². The summed E-state index contributed by atoms with van der Waals surface area (Å²) in [5.74, 6) is 0. The van der Waals surface area contributed by atoms with Crippen LogP contribution in [0.25, 0.3) is 0 Å². The molecule has 0 atom stereocenters. The molecule has 0 saturated heterocycles. The molecule has 2 aliphatic rings. The summed E-state index contributed by atoms with van der Waals surface area (Å²) in [7, 11) is 0. The Kier molecular flexibility index (Phi) is 7.11. The lowest BCUT2D eigenvalue weighted by Gasteiger charge is -2.41. The molecule has 1 aromatic heterocycles. The number of anilines is 1. The summed E-state index contributed by atoms with van der Waals surface area (Å²) in [5.41, 5.74) is 0. The van der Waals surface area contributed by atoms with E-state index in [9.17, 15) is 4.79 Å². The highest BCUT2D eigenvalue weighted by Gasteiger charge is 2.32. The third kappa shape index (κ3) is 5.17. The fourth-order valence-electron chi connectivity index (χ4n) is 4.20. The van der Waals surface area contributed by atoms with Crippen molar-refractivity contribution < 1.29 is 4.79 Å². The average molecular weight is 365 g/mol. The first-order valence-corrected chi connectivity index (χ1v) is 10.8. The van der Waals surface area contributed by atoms with Gasteiger partial charge in [-0.3, -0.25) is 5.32 Å². The quantitative estimate of drug-likeness (QED) is 0.766. The number of amides is 2. The number of carbonyl (C=O) groups is 1. The number of rotatable bonds is 6. The van der Waals surface area contributed by atoms with Gasteiger partial charge >= 0.3 is 6.03 Å².